The minimum Gasteiger partial charge on any atom is -0.323 e. The molecule has 1 heterocycles. The van der Waals surface area contributed by atoms with Gasteiger partial charge >= 0.3 is 0 Å². The molecule has 1 aliphatic heterocycles. The maximum absolute atomic E-state index is 14.7. The van der Waals surface area contributed by atoms with Gasteiger partial charge in [0.2, 0.25) is 5.91 Å². The van der Waals surface area contributed by atoms with E-state index in [1.54, 1.807) is 18.2 Å². The number of carbonyl (C=O) groups excluding carboxylic acids is 1. The van der Waals surface area contributed by atoms with Crippen LogP contribution in [0, 0.1) is 11.6 Å². The van der Waals surface area contributed by atoms with Gasteiger partial charge in [-0.1, -0.05) is 18.2 Å². The Labute approximate surface area is 139 Å². The molecule has 1 fully saturated rings. The lowest BCUT2D eigenvalue weighted by Crippen LogP contribution is -2.29. The molecule has 0 unspecified atom stereocenters. The Morgan fingerprint density at radius 2 is 1.83 bits per heavy atom. The molecule has 1 amide bonds. The highest BCUT2D eigenvalue weighted by Gasteiger charge is 2.51. The molecule has 2 N–H and O–H groups in total. The molecule has 0 aromatic heterocycles. The fraction of sp³-hybridized carbons (Fsp3) is 0.316. The smallest absolute Gasteiger partial charge is 0.235 e. The van der Waals surface area contributed by atoms with Crippen LogP contribution in [0.15, 0.2) is 36.4 Å². The van der Waals surface area contributed by atoms with Crippen LogP contribution >= 0.6 is 0 Å². The van der Waals surface area contributed by atoms with Crippen molar-refractivity contribution in [2.45, 2.75) is 31.2 Å². The molecule has 4 rings (SSSR count). The molecule has 5 heteroatoms. The zero-order chi connectivity index (χ0) is 16.7. The minimum absolute atomic E-state index is 0.220. The highest BCUT2D eigenvalue weighted by Crippen LogP contribution is 2.49. The monoisotopic (exact) mass is 328 g/mol. The lowest BCUT2D eigenvalue weighted by atomic mass is 9.94. The Morgan fingerprint density at radius 1 is 1.08 bits per heavy atom. The average Bonchev–Trinajstić information content (AvgIpc) is 3.40. The summed E-state index contributed by atoms with van der Waals surface area (Å²) in [5, 5.41) is 5.95. The summed E-state index contributed by atoms with van der Waals surface area (Å²) in [6, 6.07) is 9.47. The molecular weight excluding hydrogens is 310 g/mol. The molecular formula is C19H18F2N2O. The van der Waals surface area contributed by atoms with Gasteiger partial charge in [0.05, 0.1) is 11.1 Å². The molecule has 24 heavy (non-hydrogen) atoms. The molecule has 0 atom stereocenters. The Balaban J connectivity index is 1.59. The van der Waals surface area contributed by atoms with E-state index in [9.17, 15) is 13.6 Å². The van der Waals surface area contributed by atoms with Crippen LogP contribution in [0.3, 0.4) is 0 Å². The van der Waals surface area contributed by atoms with Crippen LogP contribution in [0.2, 0.25) is 0 Å². The summed E-state index contributed by atoms with van der Waals surface area (Å²) in [5.41, 5.74) is 1.98. The predicted octanol–water partition coefficient (Wildman–Crippen LogP) is 3.28. The third-order valence-corrected chi connectivity index (χ3v) is 5.04. The van der Waals surface area contributed by atoms with Crippen molar-refractivity contribution in [3.8, 4) is 0 Å². The maximum atomic E-state index is 14.7. The van der Waals surface area contributed by atoms with Crippen molar-refractivity contribution in [3.63, 3.8) is 0 Å². The van der Waals surface area contributed by atoms with Crippen LogP contribution in [0.4, 0.5) is 14.5 Å². The Hall–Kier alpha value is -2.27. The van der Waals surface area contributed by atoms with Crippen molar-refractivity contribution in [2.75, 3.05) is 11.9 Å². The molecule has 0 radical (unpaired) electrons. The zero-order valence-corrected chi connectivity index (χ0v) is 13.2. The third-order valence-electron chi connectivity index (χ3n) is 5.04. The number of hydrogen-bond donors (Lipinski definition) is 2. The van der Waals surface area contributed by atoms with Gasteiger partial charge in [-0.25, -0.2) is 8.78 Å². The molecule has 2 aromatic carbocycles. The van der Waals surface area contributed by atoms with Crippen LogP contribution in [-0.4, -0.2) is 12.5 Å². The van der Waals surface area contributed by atoms with E-state index in [0.717, 1.165) is 17.7 Å². The second kappa shape index (κ2) is 5.67. The molecule has 1 saturated carbocycles. The van der Waals surface area contributed by atoms with E-state index in [4.69, 9.17) is 0 Å². The van der Waals surface area contributed by atoms with E-state index in [2.05, 4.69) is 10.6 Å². The molecule has 0 spiro atoms. The molecule has 0 bridgehead atoms. The van der Waals surface area contributed by atoms with Gasteiger partial charge in [0, 0.05) is 6.54 Å². The number of amides is 1. The summed E-state index contributed by atoms with van der Waals surface area (Å²) < 4.78 is 27.8. The van der Waals surface area contributed by atoms with E-state index >= 15 is 0 Å². The predicted molar refractivity (Wildman–Crippen MR) is 87.8 cm³/mol. The zero-order valence-electron chi connectivity index (χ0n) is 13.2. The fourth-order valence-electron chi connectivity index (χ4n) is 3.41. The number of anilines is 1. The first kappa shape index (κ1) is 15.3. The van der Waals surface area contributed by atoms with Crippen molar-refractivity contribution < 1.29 is 13.6 Å². The van der Waals surface area contributed by atoms with E-state index in [0.29, 0.717) is 31.4 Å². The highest BCUT2D eigenvalue weighted by molar-refractivity contribution is 6.01. The largest absolute Gasteiger partial charge is 0.323 e. The molecule has 0 saturated heterocycles. The normalized spacial score (nSPS) is 17.9. The van der Waals surface area contributed by atoms with Crippen LogP contribution in [0.1, 0.15) is 29.5 Å². The lowest BCUT2D eigenvalue weighted by Gasteiger charge is -2.21. The van der Waals surface area contributed by atoms with Gasteiger partial charge in [0.15, 0.2) is 0 Å². The van der Waals surface area contributed by atoms with Gasteiger partial charge in [-0.2, -0.15) is 0 Å². The molecule has 2 aromatic rings. The summed E-state index contributed by atoms with van der Waals surface area (Å²) >= 11 is 0. The van der Waals surface area contributed by atoms with Gasteiger partial charge in [-0.15, -0.1) is 0 Å². The summed E-state index contributed by atoms with van der Waals surface area (Å²) in [7, 11) is 0. The highest BCUT2D eigenvalue weighted by atomic mass is 19.1. The average molecular weight is 328 g/mol. The molecule has 1 aliphatic carbocycles. The summed E-state index contributed by atoms with van der Waals surface area (Å²) in [5.74, 6) is -0.886. The van der Waals surface area contributed by atoms with Crippen molar-refractivity contribution in [1.29, 1.82) is 0 Å². The number of fused-ring (bicyclic) bond motifs is 1. The lowest BCUT2D eigenvalue weighted by molar-refractivity contribution is -0.118. The number of carbonyl (C=O) groups is 1. The number of halogens is 2. The van der Waals surface area contributed by atoms with E-state index in [1.807, 2.05) is 6.07 Å². The number of rotatable bonds is 3. The second-order valence-electron chi connectivity index (χ2n) is 6.53. The number of hydrogen-bond acceptors (Lipinski definition) is 2. The standard InChI is InChI=1S/C19H18F2N2O/c20-14-4-2-13(3-5-14)19(8-9-19)18(24)23-16-6-1-12-11-22-10-7-15(12)17(16)21/h1-6,22H,7-11H2,(H,23,24). The van der Waals surface area contributed by atoms with Crippen LogP contribution in [-0.2, 0) is 23.2 Å². The molecule has 124 valence electrons. The Kier molecular flexibility index (Phi) is 3.61. The summed E-state index contributed by atoms with van der Waals surface area (Å²) in [6.45, 7) is 1.39. The Bertz CT molecular complexity index is 798. The van der Waals surface area contributed by atoms with Crippen LogP contribution in [0.5, 0.6) is 0 Å². The first-order chi connectivity index (χ1) is 11.6. The van der Waals surface area contributed by atoms with Crippen molar-refractivity contribution in [1.82, 2.24) is 5.32 Å². The minimum atomic E-state index is -0.655. The summed E-state index contributed by atoms with van der Waals surface area (Å²) in [6.07, 6.45) is 2.01. The van der Waals surface area contributed by atoms with Gasteiger partial charge in [0.1, 0.15) is 11.6 Å². The van der Waals surface area contributed by atoms with Gasteiger partial charge < -0.3 is 10.6 Å². The Morgan fingerprint density at radius 3 is 2.54 bits per heavy atom. The maximum Gasteiger partial charge on any atom is 0.235 e. The summed E-state index contributed by atoms with van der Waals surface area (Å²) in [4.78, 5) is 12.7. The number of nitrogens with one attached hydrogen (secondary N) is 2. The van der Waals surface area contributed by atoms with E-state index < -0.39 is 5.41 Å². The molecule has 3 nitrogen and oxygen atoms in total. The number of benzene rings is 2. The third kappa shape index (κ3) is 2.49. The van der Waals surface area contributed by atoms with Crippen LogP contribution < -0.4 is 10.6 Å². The fourth-order valence-corrected chi connectivity index (χ4v) is 3.41. The van der Waals surface area contributed by atoms with E-state index in [-0.39, 0.29) is 23.2 Å². The SMILES string of the molecule is O=C(Nc1ccc2c(c1F)CCNC2)C1(c2ccc(F)cc2)CC1. The molecule has 2 aliphatic rings. The first-order valence-corrected chi connectivity index (χ1v) is 8.19. The topological polar surface area (TPSA) is 41.1 Å². The second-order valence-corrected chi connectivity index (χ2v) is 6.53. The van der Waals surface area contributed by atoms with Gasteiger partial charge in [-0.05, 0) is 60.7 Å². The first-order valence-electron chi connectivity index (χ1n) is 8.19. The van der Waals surface area contributed by atoms with Gasteiger partial charge in [-0.3, -0.25) is 4.79 Å². The van der Waals surface area contributed by atoms with Crippen molar-refractivity contribution in [2.24, 2.45) is 0 Å². The quantitative estimate of drug-likeness (QED) is 0.908. The van der Waals surface area contributed by atoms with Crippen molar-refractivity contribution >= 4 is 11.6 Å². The van der Waals surface area contributed by atoms with Gasteiger partial charge in [0.25, 0.3) is 0 Å². The van der Waals surface area contributed by atoms with Crippen LogP contribution in [0.25, 0.3) is 0 Å². The van der Waals surface area contributed by atoms with E-state index in [1.165, 1.54) is 12.1 Å². The van der Waals surface area contributed by atoms with Crippen molar-refractivity contribution in [3.05, 3.63) is 64.7 Å².